The third-order valence-corrected chi connectivity index (χ3v) is 3.59. The number of benzene rings is 2. The molecule has 0 aliphatic rings. The predicted octanol–water partition coefficient (Wildman–Crippen LogP) is 3.86. The molecule has 0 spiro atoms. The van der Waals surface area contributed by atoms with E-state index in [-0.39, 0.29) is 11.7 Å². The molecule has 0 bridgehead atoms. The van der Waals surface area contributed by atoms with Crippen molar-refractivity contribution >= 4 is 5.78 Å². The number of ketones is 1. The average molecular weight is 276 g/mol. The summed E-state index contributed by atoms with van der Waals surface area (Å²) in [5.41, 5.74) is 2.52. The van der Waals surface area contributed by atoms with E-state index in [1.165, 1.54) is 0 Å². The minimum atomic E-state index is -0.189. The molecule has 1 unspecified atom stereocenters. The number of nitrogens with zero attached hydrogens (tertiary/aromatic N) is 2. The summed E-state index contributed by atoms with van der Waals surface area (Å²) in [6.07, 6.45) is 1.66. The minimum absolute atomic E-state index is 0.0718. The SMILES string of the molecule is CC(C(=O)c1ccnn1-c1ccccc1)c1ccccc1. The van der Waals surface area contributed by atoms with Crippen molar-refractivity contribution in [1.82, 2.24) is 9.78 Å². The molecular weight excluding hydrogens is 260 g/mol. The van der Waals surface area contributed by atoms with Crippen LogP contribution in [0.4, 0.5) is 0 Å². The quantitative estimate of drug-likeness (QED) is 0.678. The first kappa shape index (κ1) is 13.3. The van der Waals surface area contributed by atoms with Gasteiger partial charge >= 0.3 is 0 Å². The Morgan fingerprint density at radius 2 is 1.57 bits per heavy atom. The molecule has 1 atom stereocenters. The van der Waals surface area contributed by atoms with Gasteiger partial charge in [-0.3, -0.25) is 4.79 Å². The van der Waals surface area contributed by atoms with Crippen molar-refractivity contribution in [3.8, 4) is 5.69 Å². The van der Waals surface area contributed by atoms with Crippen LogP contribution in [-0.4, -0.2) is 15.6 Å². The van der Waals surface area contributed by atoms with E-state index in [1.54, 1.807) is 16.9 Å². The first-order valence-corrected chi connectivity index (χ1v) is 6.96. The van der Waals surface area contributed by atoms with E-state index in [2.05, 4.69) is 5.10 Å². The van der Waals surface area contributed by atoms with Gasteiger partial charge in [0.05, 0.1) is 11.9 Å². The van der Waals surface area contributed by atoms with Crippen LogP contribution in [0, 0.1) is 0 Å². The molecular formula is C18H16N2O. The number of hydrogen-bond acceptors (Lipinski definition) is 2. The van der Waals surface area contributed by atoms with Crippen LogP contribution in [0.2, 0.25) is 0 Å². The lowest BCUT2D eigenvalue weighted by molar-refractivity contribution is 0.0958. The van der Waals surface area contributed by atoms with Gasteiger partial charge in [-0.25, -0.2) is 4.68 Å². The summed E-state index contributed by atoms with van der Waals surface area (Å²) in [5, 5.41) is 4.28. The maximum atomic E-state index is 12.7. The maximum absolute atomic E-state index is 12.7. The van der Waals surface area contributed by atoms with Crippen LogP contribution in [0.3, 0.4) is 0 Å². The zero-order valence-corrected chi connectivity index (χ0v) is 11.8. The summed E-state index contributed by atoms with van der Waals surface area (Å²) in [6, 6.07) is 21.3. The van der Waals surface area contributed by atoms with E-state index in [0.29, 0.717) is 5.69 Å². The summed E-state index contributed by atoms with van der Waals surface area (Å²) in [4.78, 5) is 12.7. The van der Waals surface area contributed by atoms with Gasteiger partial charge in [0.2, 0.25) is 0 Å². The molecule has 0 amide bonds. The van der Waals surface area contributed by atoms with Gasteiger partial charge in [-0.05, 0) is 23.8 Å². The molecule has 1 aromatic heterocycles. The molecule has 0 saturated heterocycles. The van der Waals surface area contributed by atoms with Gasteiger partial charge in [-0.1, -0.05) is 55.5 Å². The lowest BCUT2D eigenvalue weighted by atomic mass is 9.95. The maximum Gasteiger partial charge on any atom is 0.188 e. The molecule has 0 fully saturated rings. The molecule has 0 aliphatic heterocycles. The number of carbonyl (C=O) groups is 1. The largest absolute Gasteiger partial charge is 0.292 e. The summed E-state index contributed by atoms with van der Waals surface area (Å²) in [5.74, 6) is -0.118. The molecule has 21 heavy (non-hydrogen) atoms. The van der Waals surface area contributed by atoms with Crippen LogP contribution < -0.4 is 0 Å². The number of carbonyl (C=O) groups excluding carboxylic acids is 1. The highest BCUT2D eigenvalue weighted by Crippen LogP contribution is 2.21. The van der Waals surface area contributed by atoms with Crippen molar-refractivity contribution in [2.75, 3.05) is 0 Å². The van der Waals surface area contributed by atoms with E-state index in [4.69, 9.17) is 0 Å². The van der Waals surface area contributed by atoms with E-state index in [0.717, 1.165) is 11.3 Å². The van der Waals surface area contributed by atoms with E-state index in [1.807, 2.05) is 67.6 Å². The highest BCUT2D eigenvalue weighted by Gasteiger charge is 2.21. The normalized spacial score (nSPS) is 12.0. The monoisotopic (exact) mass is 276 g/mol. The number of para-hydroxylation sites is 1. The van der Waals surface area contributed by atoms with E-state index >= 15 is 0 Å². The molecule has 3 aromatic rings. The molecule has 0 radical (unpaired) electrons. The van der Waals surface area contributed by atoms with E-state index < -0.39 is 0 Å². The van der Waals surface area contributed by atoms with Gasteiger partial charge < -0.3 is 0 Å². The number of Topliss-reactive ketones (excluding diaryl/α,β-unsaturated/α-hetero) is 1. The van der Waals surface area contributed by atoms with Gasteiger partial charge in [0.15, 0.2) is 5.78 Å². The molecule has 3 nitrogen and oxygen atoms in total. The van der Waals surface area contributed by atoms with Gasteiger partial charge in [-0.2, -0.15) is 5.10 Å². The fourth-order valence-corrected chi connectivity index (χ4v) is 2.38. The van der Waals surface area contributed by atoms with Gasteiger partial charge in [-0.15, -0.1) is 0 Å². The Bertz CT molecular complexity index is 732. The predicted molar refractivity (Wildman–Crippen MR) is 82.8 cm³/mol. The van der Waals surface area contributed by atoms with Crippen LogP contribution in [0.1, 0.15) is 28.9 Å². The molecule has 1 heterocycles. The molecule has 0 saturated carbocycles. The van der Waals surface area contributed by atoms with Crippen LogP contribution in [0.25, 0.3) is 5.69 Å². The third-order valence-electron chi connectivity index (χ3n) is 3.59. The van der Waals surface area contributed by atoms with Crippen molar-refractivity contribution in [3.63, 3.8) is 0 Å². The second-order valence-electron chi connectivity index (χ2n) is 4.96. The van der Waals surface area contributed by atoms with Crippen LogP contribution in [-0.2, 0) is 0 Å². The molecule has 104 valence electrons. The third kappa shape index (κ3) is 2.63. The summed E-state index contributed by atoms with van der Waals surface area (Å²) < 4.78 is 1.70. The Kier molecular flexibility index (Phi) is 3.65. The van der Waals surface area contributed by atoms with Crippen molar-refractivity contribution in [3.05, 3.63) is 84.2 Å². The second kappa shape index (κ2) is 5.75. The molecule has 2 aromatic carbocycles. The number of hydrogen-bond donors (Lipinski definition) is 0. The smallest absolute Gasteiger partial charge is 0.188 e. The Labute approximate surface area is 123 Å². The van der Waals surface area contributed by atoms with Gasteiger partial charge in [0.1, 0.15) is 5.69 Å². The summed E-state index contributed by atoms with van der Waals surface area (Å²) >= 11 is 0. The van der Waals surface area contributed by atoms with Crippen LogP contribution in [0.15, 0.2) is 72.9 Å². The Morgan fingerprint density at radius 3 is 2.24 bits per heavy atom. The number of aromatic nitrogens is 2. The fraction of sp³-hybridized carbons (Fsp3) is 0.111. The molecule has 3 heteroatoms. The zero-order chi connectivity index (χ0) is 14.7. The highest BCUT2D eigenvalue weighted by atomic mass is 16.1. The average Bonchev–Trinajstić information content (AvgIpc) is 3.04. The van der Waals surface area contributed by atoms with Crippen LogP contribution >= 0.6 is 0 Å². The first-order chi connectivity index (χ1) is 10.3. The van der Waals surface area contributed by atoms with Crippen molar-refractivity contribution < 1.29 is 4.79 Å². The minimum Gasteiger partial charge on any atom is -0.292 e. The Hall–Kier alpha value is -2.68. The Morgan fingerprint density at radius 1 is 0.952 bits per heavy atom. The number of rotatable bonds is 4. The molecule has 0 N–H and O–H groups in total. The lowest BCUT2D eigenvalue weighted by Gasteiger charge is -2.12. The van der Waals surface area contributed by atoms with Crippen molar-refractivity contribution in [2.45, 2.75) is 12.8 Å². The van der Waals surface area contributed by atoms with Gasteiger partial charge in [0, 0.05) is 5.92 Å². The van der Waals surface area contributed by atoms with E-state index in [9.17, 15) is 4.79 Å². The summed E-state index contributed by atoms with van der Waals surface area (Å²) in [6.45, 7) is 1.93. The highest BCUT2D eigenvalue weighted by molar-refractivity contribution is 5.99. The standard InChI is InChI=1S/C18H16N2O/c1-14(15-8-4-2-5-9-15)18(21)17-12-13-19-20(17)16-10-6-3-7-11-16/h2-14H,1H3. The zero-order valence-electron chi connectivity index (χ0n) is 11.8. The molecule has 3 rings (SSSR count). The van der Waals surface area contributed by atoms with Crippen molar-refractivity contribution in [1.29, 1.82) is 0 Å². The first-order valence-electron chi connectivity index (χ1n) is 6.96. The molecule has 0 aliphatic carbocycles. The fourth-order valence-electron chi connectivity index (χ4n) is 2.38. The Balaban J connectivity index is 1.95. The second-order valence-corrected chi connectivity index (χ2v) is 4.96. The van der Waals surface area contributed by atoms with Gasteiger partial charge in [0.25, 0.3) is 0 Å². The van der Waals surface area contributed by atoms with Crippen LogP contribution in [0.5, 0.6) is 0 Å². The summed E-state index contributed by atoms with van der Waals surface area (Å²) in [7, 11) is 0. The topological polar surface area (TPSA) is 34.9 Å². The lowest BCUT2D eigenvalue weighted by Crippen LogP contribution is -2.15. The van der Waals surface area contributed by atoms with Crippen molar-refractivity contribution in [2.24, 2.45) is 0 Å².